The molecule has 0 aliphatic rings. The number of carbonyl (C=O) groups is 3. The second kappa shape index (κ2) is 19.1. The molecule has 3 atom stereocenters. The van der Waals surface area contributed by atoms with Gasteiger partial charge in [-0.2, -0.15) is 0 Å². The van der Waals surface area contributed by atoms with E-state index in [-0.39, 0.29) is 19.6 Å². The first-order valence-electron chi connectivity index (χ1n) is 12.0. The van der Waals surface area contributed by atoms with E-state index in [0.29, 0.717) is 6.61 Å². The Balaban J connectivity index is 4.68. The summed E-state index contributed by atoms with van der Waals surface area (Å²) >= 11 is 0. The molecule has 0 fully saturated rings. The Hall–Kier alpha value is -1.63. The van der Waals surface area contributed by atoms with Crippen molar-refractivity contribution in [3.05, 3.63) is 0 Å². The Morgan fingerprint density at radius 1 is 0.710 bits per heavy atom. The van der Waals surface area contributed by atoms with Crippen LogP contribution in [0.25, 0.3) is 0 Å². The zero-order valence-corrected chi connectivity index (χ0v) is 20.0. The number of unbranched alkanes of at least 4 members (excludes halogenated alkanes) is 8. The van der Waals surface area contributed by atoms with Crippen LogP contribution in [0.1, 0.15) is 98.3 Å². The van der Waals surface area contributed by atoms with Crippen molar-refractivity contribution in [3.63, 3.8) is 0 Å². The molecule has 0 saturated heterocycles. The maximum absolute atomic E-state index is 12.6. The molecule has 1 N–H and O–H groups in total. The van der Waals surface area contributed by atoms with Crippen LogP contribution in [0.4, 0.5) is 0 Å². The highest BCUT2D eigenvalue weighted by Crippen LogP contribution is 2.21. The van der Waals surface area contributed by atoms with Crippen molar-refractivity contribution in [2.45, 2.75) is 104 Å². The molecule has 0 aliphatic carbocycles. The predicted octanol–water partition coefficient (Wildman–Crippen LogP) is 4.58. The highest BCUT2D eigenvalue weighted by molar-refractivity contribution is 5.85. The van der Waals surface area contributed by atoms with Gasteiger partial charge < -0.3 is 19.3 Å². The van der Waals surface area contributed by atoms with Gasteiger partial charge in [0.05, 0.1) is 37.6 Å². The van der Waals surface area contributed by atoms with Gasteiger partial charge in [-0.25, -0.2) is 0 Å². The van der Waals surface area contributed by atoms with Gasteiger partial charge >= 0.3 is 17.9 Å². The average Bonchev–Trinajstić information content (AvgIpc) is 2.74. The van der Waals surface area contributed by atoms with E-state index in [1.165, 1.54) is 13.8 Å². The second-order valence-corrected chi connectivity index (χ2v) is 8.29. The number of carbonyl (C=O) groups excluding carboxylic acids is 3. The Morgan fingerprint density at radius 3 is 1.74 bits per heavy atom. The highest BCUT2D eigenvalue weighted by Gasteiger charge is 2.35. The third-order valence-corrected chi connectivity index (χ3v) is 5.13. The highest BCUT2D eigenvalue weighted by atomic mass is 16.5. The molecule has 182 valence electrons. The van der Waals surface area contributed by atoms with Crippen molar-refractivity contribution in [1.29, 1.82) is 0 Å². The summed E-state index contributed by atoms with van der Waals surface area (Å²) in [5, 5.41) is 9.31. The molecule has 0 bridgehead atoms. The number of ether oxygens (including phenoxy) is 3. The SMILES string of the molecule is CCCCCCCOC(=O)CC(C(=O)OCCCCCCC)C(C)C(=O)OCC(C)O. The van der Waals surface area contributed by atoms with Crippen LogP contribution in [-0.4, -0.2) is 48.9 Å². The van der Waals surface area contributed by atoms with Crippen molar-refractivity contribution < 1.29 is 33.7 Å². The third-order valence-electron chi connectivity index (χ3n) is 5.13. The lowest BCUT2D eigenvalue weighted by Crippen LogP contribution is -2.34. The van der Waals surface area contributed by atoms with E-state index in [1.807, 2.05) is 0 Å². The van der Waals surface area contributed by atoms with Gasteiger partial charge in [0.25, 0.3) is 0 Å². The number of esters is 3. The first kappa shape index (κ1) is 29.4. The van der Waals surface area contributed by atoms with Crippen molar-refractivity contribution in [1.82, 2.24) is 0 Å². The van der Waals surface area contributed by atoms with E-state index in [2.05, 4.69) is 13.8 Å². The van der Waals surface area contributed by atoms with Gasteiger partial charge in [-0.3, -0.25) is 14.4 Å². The molecule has 0 radical (unpaired) electrons. The van der Waals surface area contributed by atoms with Crippen molar-refractivity contribution in [2.24, 2.45) is 11.8 Å². The quantitative estimate of drug-likeness (QED) is 0.177. The summed E-state index contributed by atoms with van der Waals surface area (Å²) in [4.78, 5) is 37.2. The molecule has 0 aromatic heterocycles. The zero-order chi connectivity index (χ0) is 23.5. The van der Waals surface area contributed by atoms with E-state index >= 15 is 0 Å². The number of hydrogen-bond donors (Lipinski definition) is 1. The molecule has 0 heterocycles. The number of aliphatic hydroxyl groups excluding tert-OH is 1. The summed E-state index contributed by atoms with van der Waals surface area (Å²) in [6.45, 7) is 7.72. The Kier molecular flexibility index (Phi) is 18.1. The molecule has 3 unspecified atom stereocenters. The Bertz CT molecular complexity index is 490. The molecular formula is C24H44O7. The maximum Gasteiger partial charge on any atom is 0.310 e. The maximum atomic E-state index is 12.6. The fourth-order valence-corrected chi connectivity index (χ4v) is 3.08. The van der Waals surface area contributed by atoms with Crippen LogP contribution in [0.3, 0.4) is 0 Å². The smallest absolute Gasteiger partial charge is 0.310 e. The molecule has 0 aromatic rings. The largest absolute Gasteiger partial charge is 0.466 e. The van der Waals surface area contributed by atoms with Crippen LogP contribution in [0.2, 0.25) is 0 Å². The summed E-state index contributed by atoms with van der Waals surface area (Å²) < 4.78 is 15.6. The standard InChI is InChI=1S/C24H44O7/c1-5-7-9-11-13-15-29-22(26)17-21(20(4)23(27)31-18-19(3)25)24(28)30-16-14-12-10-8-6-2/h19-21,25H,5-18H2,1-4H3. The molecule has 0 aliphatic heterocycles. The van der Waals surface area contributed by atoms with Crippen LogP contribution in [-0.2, 0) is 28.6 Å². The number of hydrogen-bond acceptors (Lipinski definition) is 7. The van der Waals surface area contributed by atoms with E-state index in [4.69, 9.17) is 14.2 Å². The second-order valence-electron chi connectivity index (χ2n) is 8.29. The number of rotatable bonds is 19. The molecule has 0 spiro atoms. The van der Waals surface area contributed by atoms with Gasteiger partial charge in [0.1, 0.15) is 6.61 Å². The predicted molar refractivity (Wildman–Crippen MR) is 119 cm³/mol. The average molecular weight is 445 g/mol. The zero-order valence-electron chi connectivity index (χ0n) is 20.0. The molecular weight excluding hydrogens is 400 g/mol. The van der Waals surface area contributed by atoms with Crippen LogP contribution in [0.5, 0.6) is 0 Å². The molecule has 0 rings (SSSR count). The normalized spacial score (nSPS) is 13.8. The van der Waals surface area contributed by atoms with Crippen LogP contribution in [0, 0.1) is 11.8 Å². The van der Waals surface area contributed by atoms with E-state index < -0.39 is 35.8 Å². The lowest BCUT2D eigenvalue weighted by atomic mass is 9.91. The Labute approximate surface area is 188 Å². The van der Waals surface area contributed by atoms with E-state index in [9.17, 15) is 19.5 Å². The summed E-state index contributed by atoms with van der Waals surface area (Å²) in [5.74, 6) is -3.58. The van der Waals surface area contributed by atoms with Gasteiger partial charge in [-0.1, -0.05) is 72.1 Å². The minimum absolute atomic E-state index is 0.162. The Morgan fingerprint density at radius 2 is 1.23 bits per heavy atom. The van der Waals surface area contributed by atoms with Crippen molar-refractivity contribution in [3.8, 4) is 0 Å². The number of aliphatic hydroxyl groups is 1. The molecule has 7 heteroatoms. The minimum Gasteiger partial charge on any atom is -0.466 e. The van der Waals surface area contributed by atoms with Crippen LogP contribution < -0.4 is 0 Å². The molecule has 31 heavy (non-hydrogen) atoms. The lowest BCUT2D eigenvalue weighted by molar-refractivity contribution is -0.164. The van der Waals surface area contributed by atoms with E-state index in [0.717, 1.165) is 64.2 Å². The van der Waals surface area contributed by atoms with E-state index in [1.54, 1.807) is 0 Å². The molecule has 7 nitrogen and oxygen atoms in total. The van der Waals surface area contributed by atoms with Gasteiger partial charge in [0.15, 0.2) is 0 Å². The summed E-state index contributed by atoms with van der Waals surface area (Å²) in [6, 6.07) is 0. The minimum atomic E-state index is -0.968. The van der Waals surface area contributed by atoms with Crippen molar-refractivity contribution in [2.75, 3.05) is 19.8 Å². The monoisotopic (exact) mass is 444 g/mol. The van der Waals surface area contributed by atoms with Crippen molar-refractivity contribution >= 4 is 17.9 Å². The molecule has 0 saturated carbocycles. The fraction of sp³-hybridized carbons (Fsp3) is 0.875. The molecule has 0 aromatic carbocycles. The van der Waals surface area contributed by atoms with Gasteiger partial charge in [-0.05, 0) is 19.8 Å². The summed E-state index contributed by atoms with van der Waals surface area (Å²) in [5.41, 5.74) is 0. The topological polar surface area (TPSA) is 99.1 Å². The molecule has 0 amide bonds. The first-order valence-corrected chi connectivity index (χ1v) is 12.0. The lowest BCUT2D eigenvalue weighted by Gasteiger charge is -2.21. The fourth-order valence-electron chi connectivity index (χ4n) is 3.08. The van der Waals surface area contributed by atoms with Crippen LogP contribution in [0.15, 0.2) is 0 Å². The van der Waals surface area contributed by atoms with Gasteiger partial charge in [-0.15, -0.1) is 0 Å². The summed E-state index contributed by atoms with van der Waals surface area (Å²) in [6.07, 6.45) is 9.24. The summed E-state index contributed by atoms with van der Waals surface area (Å²) in [7, 11) is 0. The first-order chi connectivity index (χ1) is 14.8. The van der Waals surface area contributed by atoms with Gasteiger partial charge in [0, 0.05) is 0 Å². The van der Waals surface area contributed by atoms with Crippen LogP contribution >= 0.6 is 0 Å². The van der Waals surface area contributed by atoms with Gasteiger partial charge in [0.2, 0.25) is 0 Å². The third kappa shape index (κ3) is 15.8.